The number of carboxylic acids is 1. The van der Waals surface area contributed by atoms with Gasteiger partial charge in [0.2, 0.25) is 0 Å². The van der Waals surface area contributed by atoms with Crippen molar-refractivity contribution >= 4 is 23.2 Å². The summed E-state index contributed by atoms with van der Waals surface area (Å²) in [4.78, 5) is 20.1. The summed E-state index contributed by atoms with van der Waals surface area (Å²) in [6.07, 6.45) is 4.32. The van der Waals surface area contributed by atoms with E-state index in [0.717, 1.165) is 37.7 Å². The Morgan fingerprint density at radius 2 is 1.85 bits per heavy atom. The van der Waals surface area contributed by atoms with E-state index in [0.29, 0.717) is 12.0 Å². The standard InChI is InChI=1S/C21H26N4O2/c26-20(27)7-11-22-17-6-10-23-19(14-17)25-13-9-21(16-25)8-12-24(15-21)18-4-2-1-3-5-18/h1-6,10,14H,7-9,11-13,15-16H2,(H,22,23)(H,26,27). The maximum atomic E-state index is 10.7. The third kappa shape index (κ3) is 3.99. The molecule has 0 aliphatic carbocycles. The molecular formula is C21H26N4O2. The first-order chi connectivity index (χ1) is 13.1. The Kier molecular flexibility index (Phi) is 4.88. The topological polar surface area (TPSA) is 68.7 Å². The number of rotatable bonds is 6. The summed E-state index contributed by atoms with van der Waals surface area (Å²) in [6.45, 7) is 4.69. The van der Waals surface area contributed by atoms with Gasteiger partial charge in [-0.3, -0.25) is 4.79 Å². The summed E-state index contributed by atoms with van der Waals surface area (Å²) < 4.78 is 0. The Labute approximate surface area is 159 Å². The molecule has 6 nitrogen and oxygen atoms in total. The first-order valence-corrected chi connectivity index (χ1v) is 9.60. The normalized spacial score (nSPS) is 21.8. The molecule has 27 heavy (non-hydrogen) atoms. The number of nitrogens with one attached hydrogen (secondary N) is 1. The Hall–Kier alpha value is -2.76. The van der Waals surface area contributed by atoms with Crippen LogP contribution in [0.1, 0.15) is 19.3 Å². The summed E-state index contributed by atoms with van der Waals surface area (Å²) >= 11 is 0. The second-order valence-electron chi connectivity index (χ2n) is 7.65. The third-order valence-electron chi connectivity index (χ3n) is 5.74. The Morgan fingerprint density at radius 3 is 2.63 bits per heavy atom. The molecule has 4 rings (SSSR count). The zero-order valence-electron chi connectivity index (χ0n) is 15.5. The van der Waals surface area contributed by atoms with E-state index >= 15 is 0 Å². The van der Waals surface area contributed by atoms with Gasteiger partial charge in [-0.05, 0) is 31.0 Å². The van der Waals surface area contributed by atoms with Crippen molar-refractivity contribution < 1.29 is 9.90 Å². The van der Waals surface area contributed by atoms with E-state index in [4.69, 9.17) is 5.11 Å². The van der Waals surface area contributed by atoms with Crippen LogP contribution in [-0.4, -0.2) is 48.8 Å². The summed E-state index contributed by atoms with van der Waals surface area (Å²) in [6, 6.07) is 14.6. The van der Waals surface area contributed by atoms with Gasteiger partial charge in [-0.25, -0.2) is 4.98 Å². The first kappa shape index (κ1) is 17.6. The summed E-state index contributed by atoms with van der Waals surface area (Å²) in [5.74, 6) is 0.188. The summed E-state index contributed by atoms with van der Waals surface area (Å²) in [7, 11) is 0. The fourth-order valence-electron chi connectivity index (χ4n) is 4.27. The van der Waals surface area contributed by atoms with Crippen LogP contribution in [0.4, 0.5) is 17.2 Å². The van der Waals surface area contributed by atoms with Crippen molar-refractivity contribution in [3.8, 4) is 0 Å². The lowest BCUT2D eigenvalue weighted by Gasteiger charge is -2.26. The van der Waals surface area contributed by atoms with E-state index in [-0.39, 0.29) is 6.42 Å². The van der Waals surface area contributed by atoms with Crippen molar-refractivity contribution in [2.45, 2.75) is 19.3 Å². The molecule has 142 valence electrons. The molecule has 2 N–H and O–H groups in total. The molecule has 3 heterocycles. The minimum absolute atomic E-state index is 0.111. The van der Waals surface area contributed by atoms with E-state index in [1.54, 1.807) is 6.20 Å². The Balaban J connectivity index is 1.39. The average molecular weight is 366 g/mol. The molecule has 1 aromatic heterocycles. The number of hydrogen-bond acceptors (Lipinski definition) is 5. The molecule has 2 fully saturated rings. The number of carboxylic acid groups (broad SMARTS) is 1. The van der Waals surface area contributed by atoms with Crippen LogP contribution < -0.4 is 15.1 Å². The van der Waals surface area contributed by atoms with Crippen LogP contribution in [0.3, 0.4) is 0 Å². The highest BCUT2D eigenvalue weighted by Gasteiger charge is 2.43. The van der Waals surface area contributed by atoms with Crippen LogP contribution in [0.25, 0.3) is 0 Å². The van der Waals surface area contributed by atoms with Crippen LogP contribution in [0.2, 0.25) is 0 Å². The van der Waals surface area contributed by atoms with Crippen LogP contribution in [0.15, 0.2) is 48.7 Å². The maximum absolute atomic E-state index is 10.7. The predicted molar refractivity (Wildman–Crippen MR) is 108 cm³/mol. The highest BCUT2D eigenvalue weighted by Crippen LogP contribution is 2.42. The average Bonchev–Trinajstić information content (AvgIpc) is 3.30. The van der Waals surface area contributed by atoms with Crippen molar-refractivity contribution in [3.63, 3.8) is 0 Å². The van der Waals surface area contributed by atoms with E-state index < -0.39 is 5.97 Å². The van der Waals surface area contributed by atoms with Gasteiger partial charge in [0.05, 0.1) is 6.42 Å². The third-order valence-corrected chi connectivity index (χ3v) is 5.74. The fourth-order valence-corrected chi connectivity index (χ4v) is 4.27. The van der Waals surface area contributed by atoms with Crippen molar-refractivity contribution in [1.29, 1.82) is 0 Å². The summed E-state index contributed by atoms with van der Waals surface area (Å²) in [5, 5.41) is 11.9. The van der Waals surface area contributed by atoms with Gasteiger partial charge in [-0.2, -0.15) is 0 Å². The number of anilines is 3. The molecule has 2 aliphatic heterocycles. The van der Waals surface area contributed by atoms with Gasteiger partial charge in [0.1, 0.15) is 5.82 Å². The van der Waals surface area contributed by atoms with Crippen LogP contribution >= 0.6 is 0 Å². The van der Waals surface area contributed by atoms with Gasteiger partial charge in [0.15, 0.2) is 0 Å². The summed E-state index contributed by atoms with van der Waals surface area (Å²) in [5.41, 5.74) is 2.58. The number of pyridine rings is 1. The molecule has 2 aromatic rings. The van der Waals surface area contributed by atoms with Crippen molar-refractivity contribution in [1.82, 2.24) is 4.98 Å². The van der Waals surface area contributed by atoms with Crippen molar-refractivity contribution in [2.75, 3.05) is 47.8 Å². The smallest absolute Gasteiger partial charge is 0.305 e. The Bertz CT molecular complexity index is 798. The lowest BCUT2D eigenvalue weighted by atomic mass is 9.86. The number of nitrogens with zero attached hydrogens (tertiary/aromatic N) is 3. The fraction of sp³-hybridized carbons (Fsp3) is 0.429. The van der Waals surface area contributed by atoms with Gasteiger partial charge in [0, 0.05) is 61.8 Å². The number of aliphatic carboxylic acids is 1. The molecular weight excluding hydrogens is 340 g/mol. The van der Waals surface area contributed by atoms with Gasteiger partial charge in [-0.1, -0.05) is 18.2 Å². The molecule has 0 radical (unpaired) electrons. The quantitative estimate of drug-likeness (QED) is 0.819. The van der Waals surface area contributed by atoms with E-state index in [9.17, 15) is 4.79 Å². The number of para-hydroxylation sites is 1. The van der Waals surface area contributed by atoms with E-state index in [1.807, 2.05) is 12.1 Å². The molecule has 0 amide bonds. The molecule has 1 aromatic carbocycles. The zero-order valence-corrected chi connectivity index (χ0v) is 15.5. The second kappa shape index (κ2) is 7.47. The zero-order chi connectivity index (χ0) is 18.7. The van der Waals surface area contributed by atoms with Gasteiger partial charge < -0.3 is 20.2 Å². The van der Waals surface area contributed by atoms with Gasteiger partial charge in [-0.15, -0.1) is 0 Å². The predicted octanol–water partition coefficient (Wildman–Crippen LogP) is 3.08. The highest BCUT2D eigenvalue weighted by molar-refractivity contribution is 5.67. The monoisotopic (exact) mass is 366 g/mol. The molecule has 2 saturated heterocycles. The highest BCUT2D eigenvalue weighted by atomic mass is 16.4. The molecule has 0 saturated carbocycles. The Morgan fingerprint density at radius 1 is 1.11 bits per heavy atom. The number of carbonyl (C=O) groups is 1. The molecule has 1 unspecified atom stereocenters. The number of aromatic nitrogens is 1. The minimum atomic E-state index is -0.789. The van der Waals surface area contributed by atoms with Crippen molar-refractivity contribution in [3.05, 3.63) is 48.7 Å². The molecule has 1 atom stereocenters. The maximum Gasteiger partial charge on any atom is 0.305 e. The number of hydrogen-bond donors (Lipinski definition) is 2. The van der Waals surface area contributed by atoms with Gasteiger partial charge >= 0.3 is 5.97 Å². The van der Waals surface area contributed by atoms with Crippen LogP contribution in [-0.2, 0) is 4.79 Å². The largest absolute Gasteiger partial charge is 0.481 e. The molecule has 0 bridgehead atoms. The van der Waals surface area contributed by atoms with E-state index in [2.05, 4.69) is 50.4 Å². The van der Waals surface area contributed by atoms with E-state index in [1.165, 1.54) is 18.5 Å². The number of benzene rings is 1. The van der Waals surface area contributed by atoms with Gasteiger partial charge in [0.25, 0.3) is 0 Å². The molecule has 6 heteroatoms. The first-order valence-electron chi connectivity index (χ1n) is 9.60. The molecule has 2 aliphatic rings. The SMILES string of the molecule is O=C(O)CCNc1ccnc(N2CCC3(CCN(c4ccccc4)C3)C2)c1. The lowest BCUT2D eigenvalue weighted by molar-refractivity contribution is -0.136. The second-order valence-corrected chi connectivity index (χ2v) is 7.65. The lowest BCUT2D eigenvalue weighted by Crippen LogP contribution is -2.31. The van der Waals surface area contributed by atoms with Crippen LogP contribution in [0, 0.1) is 5.41 Å². The van der Waals surface area contributed by atoms with Crippen molar-refractivity contribution in [2.24, 2.45) is 5.41 Å². The molecule has 1 spiro atoms. The minimum Gasteiger partial charge on any atom is -0.481 e. The van der Waals surface area contributed by atoms with Crippen LogP contribution in [0.5, 0.6) is 0 Å².